The lowest BCUT2D eigenvalue weighted by Gasteiger charge is -2.40. The molecule has 1 fully saturated rings. The summed E-state index contributed by atoms with van der Waals surface area (Å²) in [7, 11) is 1.83. The Kier molecular flexibility index (Phi) is 5.22. The molecule has 1 aliphatic heterocycles. The van der Waals surface area contributed by atoms with Gasteiger partial charge < -0.3 is 15.4 Å². The highest BCUT2D eigenvalue weighted by molar-refractivity contribution is 4.84. The molecule has 0 aliphatic carbocycles. The molecule has 3 heteroatoms. The molecule has 1 aliphatic rings. The van der Waals surface area contributed by atoms with Gasteiger partial charge in [-0.25, -0.2) is 0 Å². The lowest BCUT2D eigenvalue weighted by atomic mass is 9.85. The third-order valence-electron chi connectivity index (χ3n) is 4.23. The lowest BCUT2D eigenvalue weighted by Crippen LogP contribution is -2.49. The van der Waals surface area contributed by atoms with Crippen LogP contribution in [-0.2, 0) is 4.74 Å². The van der Waals surface area contributed by atoms with Crippen molar-refractivity contribution in [2.75, 3.05) is 33.3 Å². The Morgan fingerprint density at radius 1 is 1.50 bits per heavy atom. The minimum absolute atomic E-state index is 0.263. The first-order valence-corrected chi connectivity index (χ1v) is 6.50. The van der Waals surface area contributed by atoms with Gasteiger partial charge in [0, 0.05) is 20.2 Å². The molecule has 0 spiro atoms. The van der Waals surface area contributed by atoms with Gasteiger partial charge >= 0.3 is 0 Å². The summed E-state index contributed by atoms with van der Waals surface area (Å²) >= 11 is 0. The van der Waals surface area contributed by atoms with Crippen molar-refractivity contribution >= 4 is 0 Å². The summed E-state index contributed by atoms with van der Waals surface area (Å²) in [6, 6.07) is 0. The van der Waals surface area contributed by atoms with Gasteiger partial charge in [0.25, 0.3) is 0 Å². The van der Waals surface area contributed by atoms with Crippen LogP contribution < -0.4 is 5.73 Å². The average Bonchev–Trinajstić information content (AvgIpc) is 2.31. The molecule has 3 nitrogen and oxygen atoms in total. The fourth-order valence-electron chi connectivity index (χ4n) is 2.41. The summed E-state index contributed by atoms with van der Waals surface area (Å²) in [6.07, 6.45) is 2.78. The molecule has 1 saturated heterocycles. The van der Waals surface area contributed by atoms with E-state index in [0.717, 1.165) is 26.1 Å². The molecular formula is C13H28N2O. The van der Waals surface area contributed by atoms with Crippen LogP contribution in [0.25, 0.3) is 0 Å². The largest absolute Gasteiger partial charge is 0.380 e. The Morgan fingerprint density at radius 2 is 2.19 bits per heavy atom. The Bertz CT molecular complexity index is 204. The Morgan fingerprint density at radius 3 is 2.69 bits per heavy atom. The van der Waals surface area contributed by atoms with Crippen LogP contribution in [0.2, 0.25) is 0 Å². The number of hydrogen-bond donors (Lipinski definition) is 1. The van der Waals surface area contributed by atoms with Gasteiger partial charge in [-0.1, -0.05) is 20.8 Å². The van der Waals surface area contributed by atoms with Crippen LogP contribution in [0.3, 0.4) is 0 Å². The Balaban J connectivity index is 2.49. The van der Waals surface area contributed by atoms with Gasteiger partial charge in [-0.3, -0.25) is 0 Å². The molecular weight excluding hydrogens is 200 g/mol. The third kappa shape index (κ3) is 3.44. The predicted molar refractivity (Wildman–Crippen MR) is 68.5 cm³/mol. The average molecular weight is 228 g/mol. The second kappa shape index (κ2) is 5.99. The molecule has 96 valence electrons. The highest BCUT2D eigenvalue weighted by Crippen LogP contribution is 2.25. The van der Waals surface area contributed by atoms with Gasteiger partial charge in [-0.15, -0.1) is 0 Å². The summed E-state index contributed by atoms with van der Waals surface area (Å²) < 4.78 is 5.54. The minimum Gasteiger partial charge on any atom is -0.380 e. The number of ether oxygens (including phenoxy) is 1. The van der Waals surface area contributed by atoms with Gasteiger partial charge in [0.2, 0.25) is 0 Å². The van der Waals surface area contributed by atoms with Crippen molar-refractivity contribution in [3.63, 3.8) is 0 Å². The molecule has 3 atom stereocenters. The topological polar surface area (TPSA) is 38.5 Å². The number of likely N-dealkylation sites (tertiary alicyclic amines) is 1. The van der Waals surface area contributed by atoms with Crippen molar-refractivity contribution in [2.24, 2.45) is 17.1 Å². The maximum absolute atomic E-state index is 5.87. The van der Waals surface area contributed by atoms with Crippen molar-refractivity contribution in [1.29, 1.82) is 0 Å². The Labute approximate surface area is 100 Å². The summed E-state index contributed by atoms with van der Waals surface area (Å²) in [5.74, 6) is 0.687. The van der Waals surface area contributed by atoms with E-state index in [1.165, 1.54) is 13.0 Å². The molecule has 2 N–H and O–H groups in total. The molecule has 0 aromatic rings. The van der Waals surface area contributed by atoms with Crippen LogP contribution in [-0.4, -0.2) is 44.3 Å². The van der Waals surface area contributed by atoms with Crippen molar-refractivity contribution < 1.29 is 4.74 Å². The van der Waals surface area contributed by atoms with E-state index in [9.17, 15) is 0 Å². The molecule has 0 saturated carbocycles. The highest BCUT2D eigenvalue weighted by atomic mass is 16.5. The standard InChI is InChI=1S/C13H28N2O/c1-5-13(3,9-14)10-15-7-6-11(2)12(8-15)16-4/h11-12H,5-10,14H2,1-4H3. The van der Waals surface area contributed by atoms with E-state index in [1.54, 1.807) is 0 Å². The molecule has 0 radical (unpaired) electrons. The number of methoxy groups -OCH3 is 1. The van der Waals surface area contributed by atoms with Gasteiger partial charge in [-0.2, -0.15) is 0 Å². The fraction of sp³-hybridized carbons (Fsp3) is 1.00. The number of rotatable bonds is 5. The van der Waals surface area contributed by atoms with E-state index < -0.39 is 0 Å². The second-order valence-electron chi connectivity index (χ2n) is 5.64. The molecule has 0 aromatic carbocycles. The number of hydrogen-bond acceptors (Lipinski definition) is 3. The molecule has 1 rings (SSSR count). The summed E-state index contributed by atoms with van der Waals surface area (Å²) in [6.45, 7) is 10.9. The maximum atomic E-state index is 5.87. The first-order valence-electron chi connectivity index (χ1n) is 6.50. The summed E-state index contributed by atoms with van der Waals surface area (Å²) in [4.78, 5) is 2.52. The lowest BCUT2D eigenvalue weighted by molar-refractivity contribution is -0.0161. The van der Waals surface area contributed by atoms with Crippen LogP contribution in [0.15, 0.2) is 0 Å². The first-order chi connectivity index (χ1) is 7.54. The summed E-state index contributed by atoms with van der Waals surface area (Å²) in [5, 5.41) is 0. The number of piperidine rings is 1. The van der Waals surface area contributed by atoms with E-state index in [-0.39, 0.29) is 5.41 Å². The molecule has 0 amide bonds. The van der Waals surface area contributed by atoms with E-state index in [4.69, 9.17) is 10.5 Å². The molecule has 16 heavy (non-hydrogen) atoms. The zero-order valence-corrected chi connectivity index (χ0v) is 11.3. The predicted octanol–water partition coefficient (Wildman–Crippen LogP) is 1.72. The normalized spacial score (nSPS) is 31.3. The zero-order chi connectivity index (χ0) is 12.2. The highest BCUT2D eigenvalue weighted by Gasteiger charge is 2.30. The van der Waals surface area contributed by atoms with E-state index in [1.807, 2.05) is 7.11 Å². The molecule has 1 heterocycles. The quantitative estimate of drug-likeness (QED) is 0.778. The van der Waals surface area contributed by atoms with Gasteiger partial charge in [-0.05, 0) is 37.3 Å². The molecule has 3 unspecified atom stereocenters. The van der Waals surface area contributed by atoms with Gasteiger partial charge in [0.15, 0.2) is 0 Å². The summed E-state index contributed by atoms with van der Waals surface area (Å²) in [5.41, 5.74) is 6.13. The van der Waals surface area contributed by atoms with E-state index >= 15 is 0 Å². The smallest absolute Gasteiger partial charge is 0.0724 e. The van der Waals surface area contributed by atoms with Crippen LogP contribution in [0.4, 0.5) is 0 Å². The van der Waals surface area contributed by atoms with Crippen molar-refractivity contribution in [3.05, 3.63) is 0 Å². The van der Waals surface area contributed by atoms with Gasteiger partial charge in [0.05, 0.1) is 6.10 Å². The van der Waals surface area contributed by atoms with Crippen molar-refractivity contribution in [3.8, 4) is 0 Å². The number of nitrogens with two attached hydrogens (primary N) is 1. The number of nitrogens with zero attached hydrogens (tertiary/aromatic N) is 1. The monoisotopic (exact) mass is 228 g/mol. The third-order valence-corrected chi connectivity index (χ3v) is 4.23. The van der Waals surface area contributed by atoms with Crippen LogP contribution in [0.5, 0.6) is 0 Å². The van der Waals surface area contributed by atoms with E-state index in [0.29, 0.717) is 12.0 Å². The Hall–Kier alpha value is -0.120. The van der Waals surface area contributed by atoms with Crippen LogP contribution >= 0.6 is 0 Å². The fourth-order valence-corrected chi connectivity index (χ4v) is 2.41. The van der Waals surface area contributed by atoms with Crippen molar-refractivity contribution in [2.45, 2.75) is 39.7 Å². The van der Waals surface area contributed by atoms with E-state index in [2.05, 4.69) is 25.7 Å². The molecule has 0 aromatic heterocycles. The first kappa shape index (κ1) is 13.9. The van der Waals surface area contributed by atoms with Crippen LogP contribution in [0.1, 0.15) is 33.6 Å². The van der Waals surface area contributed by atoms with Gasteiger partial charge in [0.1, 0.15) is 0 Å². The minimum atomic E-state index is 0.263. The second-order valence-corrected chi connectivity index (χ2v) is 5.64. The maximum Gasteiger partial charge on any atom is 0.0724 e. The SMILES string of the molecule is CCC(C)(CN)CN1CCC(C)C(OC)C1. The molecule has 0 bridgehead atoms. The van der Waals surface area contributed by atoms with Crippen LogP contribution in [0, 0.1) is 11.3 Å². The zero-order valence-electron chi connectivity index (χ0n) is 11.3. The van der Waals surface area contributed by atoms with Crippen molar-refractivity contribution in [1.82, 2.24) is 4.90 Å².